The number of pyridine rings is 1. The number of hydrogen-bond acceptors (Lipinski definition) is 3. The fourth-order valence-electron chi connectivity index (χ4n) is 1.01. The first kappa shape index (κ1) is 11.5. The summed E-state index contributed by atoms with van der Waals surface area (Å²) < 4.78 is 5.54. The molecule has 0 radical (unpaired) electrons. The number of hydrogen-bond donors (Lipinski definition) is 0. The summed E-state index contributed by atoms with van der Waals surface area (Å²) >= 11 is 0. The quantitative estimate of drug-likeness (QED) is 0.744. The van der Waals surface area contributed by atoms with Gasteiger partial charge in [0.1, 0.15) is 11.6 Å². The Balaban J connectivity index is 2.85. The zero-order valence-corrected chi connectivity index (χ0v) is 9.66. The summed E-state index contributed by atoms with van der Waals surface area (Å²) in [6.45, 7) is 8.67. The lowest BCUT2D eigenvalue weighted by molar-refractivity contribution is 0.191. The molecule has 0 amide bonds. The fraction of sp³-hybridized carbons (Fsp3) is 0.500. The van der Waals surface area contributed by atoms with Crippen LogP contribution in [0, 0.1) is 23.7 Å². The topological polar surface area (TPSA) is 45.9 Å². The lowest BCUT2D eigenvalue weighted by Gasteiger charge is -2.18. The average Bonchev–Trinajstić information content (AvgIpc) is 2.14. The number of rotatable bonds is 2. The van der Waals surface area contributed by atoms with Crippen LogP contribution in [0.25, 0.3) is 0 Å². The highest BCUT2D eigenvalue weighted by Crippen LogP contribution is 2.19. The van der Waals surface area contributed by atoms with E-state index in [4.69, 9.17) is 10.00 Å². The van der Waals surface area contributed by atoms with E-state index < -0.39 is 0 Å². The molecular weight excluding hydrogens is 188 g/mol. The molecule has 1 rings (SSSR count). The van der Waals surface area contributed by atoms with Gasteiger partial charge in [-0.3, -0.25) is 0 Å². The lowest BCUT2D eigenvalue weighted by Crippen LogP contribution is -2.18. The van der Waals surface area contributed by atoms with Crippen molar-refractivity contribution >= 4 is 0 Å². The largest absolute Gasteiger partial charge is 0.476 e. The van der Waals surface area contributed by atoms with Crippen LogP contribution in [-0.2, 0) is 0 Å². The lowest BCUT2D eigenvalue weighted by atomic mass is 9.99. The molecule has 0 aliphatic heterocycles. The summed E-state index contributed by atoms with van der Waals surface area (Å²) in [5.74, 6) is 0.437. The van der Waals surface area contributed by atoms with Crippen LogP contribution in [0.2, 0.25) is 0 Å². The first-order valence-electron chi connectivity index (χ1n) is 4.93. The summed E-state index contributed by atoms with van der Waals surface area (Å²) in [5, 5.41) is 8.87. The van der Waals surface area contributed by atoms with Crippen LogP contribution in [-0.4, -0.2) is 11.6 Å². The van der Waals surface area contributed by atoms with Crippen molar-refractivity contribution in [2.45, 2.75) is 27.7 Å². The molecule has 0 aliphatic rings. The number of aryl methyl sites for hydroxylation is 1. The summed E-state index contributed by atoms with van der Waals surface area (Å²) in [7, 11) is 0. The molecule has 1 aromatic heterocycles. The highest BCUT2D eigenvalue weighted by atomic mass is 16.5. The minimum Gasteiger partial charge on any atom is -0.476 e. The van der Waals surface area contributed by atoms with Gasteiger partial charge < -0.3 is 4.74 Å². The third kappa shape index (κ3) is 3.59. The third-order valence-electron chi connectivity index (χ3n) is 1.76. The van der Waals surface area contributed by atoms with E-state index in [1.165, 1.54) is 0 Å². The number of nitriles is 1. The number of aromatic nitrogens is 1. The number of nitrogens with zero attached hydrogens (tertiary/aromatic N) is 2. The zero-order chi connectivity index (χ0) is 11.5. The molecule has 80 valence electrons. The Morgan fingerprint density at radius 2 is 2.07 bits per heavy atom. The molecule has 1 heterocycles. The van der Waals surface area contributed by atoms with Gasteiger partial charge in [0.25, 0.3) is 0 Å². The van der Waals surface area contributed by atoms with Gasteiger partial charge in [0.05, 0.1) is 6.61 Å². The molecule has 0 saturated heterocycles. The molecule has 1 aromatic rings. The summed E-state index contributed by atoms with van der Waals surface area (Å²) in [5.41, 5.74) is 1.42. The first-order chi connectivity index (χ1) is 6.92. The first-order valence-corrected chi connectivity index (χ1v) is 4.93. The maximum absolute atomic E-state index is 8.87. The second kappa shape index (κ2) is 4.31. The van der Waals surface area contributed by atoms with Gasteiger partial charge >= 0.3 is 0 Å². The Morgan fingerprint density at radius 1 is 1.40 bits per heavy atom. The van der Waals surface area contributed by atoms with Crippen molar-refractivity contribution in [2.24, 2.45) is 5.41 Å². The Hall–Kier alpha value is -1.56. The van der Waals surface area contributed by atoms with Crippen LogP contribution in [0.4, 0.5) is 0 Å². The molecule has 0 saturated carbocycles. The molecule has 15 heavy (non-hydrogen) atoms. The minimum atomic E-state index is 0.0676. The van der Waals surface area contributed by atoms with Crippen molar-refractivity contribution in [1.29, 1.82) is 5.26 Å². The van der Waals surface area contributed by atoms with Crippen molar-refractivity contribution in [3.63, 3.8) is 0 Å². The van der Waals surface area contributed by atoms with Crippen LogP contribution in [0.15, 0.2) is 12.1 Å². The van der Waals surface area contributed by atoms with E-state index in [2.05, 4.69) is 31.8 Å². The zero-order valence-electron chi connectivity index (χ0n) is 9.66. The highest BCUT2D eigenvalue weighted by Gasteiger charge is 2.13. The van der Waals surface area contributed by atoms with Gasteiger partial charge in [-0.25, -0.2) is 4.98 Å². The molecule has 0 atom stereocenters. The Kier molecular flexibility index (Phi) is 3.31. The predicted octanol–water partition coefficient (Wildman–Crippen LogP) is 2.69. The van der Waals surface area contributed by atoms with Crippen molar-refractivity contribution < 1.29 is 4.74 Å². The SMILES string of the molecule is Cc1ccc(C#N)c(OCC(C)(C)C)n1. The molecule has 0 fully saturated rings. The van der Waals surface area contributed by atoms with Crippen molar-refractivity contribution in [3.8, 4) is 11.9 Å². The number of ether oxygens (including phenoxy) is 1. The van der Waals surface area contributed by atoms with Crippen molar-refractivity contribution in [3.05, 3.63) is 23.4 Å². The maximum atomic E-state index is 8.87. The Bertz CT molecular complexity index is 386. The van der Waals surface area contributed by atoms with Gasteiger partial charge in [-0.1, -0.05) is 20.8 Å². The van der Waals surface area contributed by atoms with Crippen LogP contribution in [0.1, 0.15) is 32.0 Å². The van der Waals surface area contributed by atoms with E-state index in [0.717, 1.165) is 5.69 Å². The monoisotopic (exact) mass is 204 g/mol. The van der Waals surface area contributed by atoms with Crippen molar-refractivity contribution in [1.82, 2.24) is 4.98 Å². The summed E-state index contributed by atoms with van der Waals surface area (Å²) in [4.78, 5) is 4.20. The molecule has 0 unspecified atom stereocenters. The molecule has 0 aliphatic carbocycles. The molecular formula is C12H16N2O. The standard InChI is InChI=1S/C12H16N2O/c1-9-5-6-10(7-13)11(14-9)15-8-12(2,3)4/h5-6H,8H2,1-4H3. The van der Waals surface area contributed by atoms with Gasteiger partial charge in [-0.15, -0.1) is 0 Å². The second-order valence-corrected chi connectivity index (χ2v) is 4.77. The minimum absolute atomic E-state index is 0.0676. The molecule has 0 N–H and O–H groups in total. The summed E-state index contributed by atoms with van der Waals surface area (Å²) in [6, 6.07) is 5.62. The van der Waals surface area contributed by atoms with Gasteiger partial charge in [0.2, 0.25) is 5.88 Å². The highest BCUT2D eigenvalue weighted by molar-refractivity contribution is 5.38. The predicted molar refractivity (Wildman–Crippen MR) is 58.6 cm³/mol. The average molecular weight is 204 g/mol. The summed E-state index contributed by atoms with van der Waals surface area (Å²) in [6.07, 6.45) is 0. The molecule has 0 aromatic carbocycles. The molecule has 0 spiro atoms. The van der Waals surface area contributed by atoms with E-state index in [1.54, 1.807) is 6.07 Å². The van der Waals surface area contributed by atoms with Crippen LogP contribution in [0.3, 0.4) is 0 Å². The van der Waals surface area contributed by atoms with Crippen LogP contribution < -0.4 is 4.74 Å². The molecule has 3 heteroatoms. The van der Waals surface area contributed by atoms with Gasteiger partial charge in [0, 0.05) is 5.69 Å². The van der Waals surface area contributed by atoms with E-state index in [9.17, 15) is 0 Å². The van der Waals surface area contributed by atoms with E-state index >= 15 is 0 Å². The van der Waals surface area contributed by atoms with E-state index in [0.29, 0.717) is 18.1 Å². The maximum Gasteiger partial charge on any atom is 0.231 e. The third-order valence-corrected chi connectivity index (χ3v) is 1.76. The fourth-order valence-corrected chi connectivity index (χ4v) is 1.01. The van der Waals surface area contributed by atoms with Crippen LogP contribution in [0.5, 0.6) is 5.88 Å². The van der Waals surface area contributed by atoms with Crippen molar-refractivity contribution in [2.75, 3.05) is 6.61 Å². The Morgan fingerprint density at radius 3 is 2.60 bits per heavy atom. The second-order valence-electron chi connectivity index (χ2n) is 4.77. The van der Waals surface area contributed by atoms with E-state index in [1.807, 2.05) is 13.0 Å². The van der Waals surface area contributed by atoms with Gasteiger partial charge in [-0.05, 0) is 24.5 Å². The van der Waals surface area contributed by atoms with E-state index in [-0.39, 0.29) is 5.41 Å². The van der Waals surface area contributed by atoms with Crippen LogP contribution >= 0.6 is 0 Å². The normalized spacial score (nSPS) is 10.9. The smallest absolute Gasteiger partial charge is 0.231 e. The molecule has 0 bridgehead atoms. The Labute approximate surface area is 90.7 Å². The van der Waals surface area contributed by atoms with Gasteiger partial charge in [-0.2, -0.15) is 5.26 Å². The molecule has 3 nitrogen and oxygen atoms in total. The van der Waals surface area contributed by atoms with Gasteiger partial charge in [0.15, 0.2) is 0 Å².